The Kier molecular flexibility index (Phi) is 6.33. The Hall–Kier alpha value is -1.26. The summed E-state index contributed by atoms with van der Waals surface area (Å²) in [6, 6.07) is 5.33. The molecule has 0 spiro atoms. The lowest BCUT2D eigenvalue weighted by Crippen LogP contribution is -2.30. The highest BCUT2D eigenvalue weighted by Crippen LogP contribution is 2.27. The first-order valence-corrected chi connectivity index (χ1v) is 7.99. The van der Waals surface area contributed by atoms with Crippen LogP contribution in [-0.4, -0.2) is 25.6 Å². The fourth-order valence-electron chi connectivity index (χ4n) is 2.58. The van der Waals surface area contributed by atoms with Gasteiger partial charge in [0.15, 0.2) is 0 Å². The average Bonchev–Trinajstić information content (AvgIpc) is 2.49. The van der Waals surface area contributed by atoms with Crippen LogP contribution in [0.5, 0.6) is 5.75 Å². The van der Waals surface area contributed by atoms with Gasteiger partial charge < -0.3 is 15.4 Å². The van der Waals surface area contributed by atoms with E-state index in [2.05, 4.69) is 10.6 Å². The second-order valence-electron chi connectivity index (χ2n) is 5.38. The fourth-order valence-corrected chi connectivity index (χ4v) is 2.82. The average molecular weight is 311 g/mol. The molecule has 1 unspecified atom stereocenters. The molecule has 1 aliphatic heterocycles. The third-order valence-corrected chi connectivity index (χ3v) is 3.99. The van der Waals surface area contributed by atoms with Gasteiger partial charge in [-0.3, -0.25) is 4.79 Å². The normalized spacial score (nSPS) is 18.3. The number of benzene rings is 1. The zero-order valence-electron chi connectivity index (χ0n) is 12.5. The van der Waals surface area contributed by atoms with Crippen molar-refractivity contribution in [2.24, 2.45) is 5.92 Å². The van der Waals surface area contributed by atoms with E-state index in [9.17, 15) is 4.79 Å². The number of carbonyl (C=O) groups excluding carboxylic acids is 1. The molecule has 116 valence electrons. The molecule has 5 heteroatoms. The smallest absolute Gasteiger partial charge is 0.224 e. The number of hydrogen-bond acceptors (Lipinski definition) is 3. The molecule has 1 heterocycles. The highest BCUT2D eigenvalue weighted by Gasteiger charge is 2.14. The SMILES string of the molecule is CCOc1ccc(NC(=O)CCC2CCCNC2)cc1Cl. The monoisotopic (exact) mass is 310 g/mol. The van der Waals surface area contributed by atoms with Gasteiger partial charge in [0, 0.05) is 12.1 Å². The zero-order chi connectivity index (χ0) is 15.1. The lowest BCUT2D eigenvalue weighted by atomic mass is 9.94. The summed E-state index contributed by atoms with van der Waals surface area (Å²) in [4.78, 5) is 12.0. The van der Waals surface area contributed by atoms with Crippen LogP contribution in [0.15, 0.2) is 18.2 Å². The summed E-state index contributed by atoms with van der Waals surface area (Å²) in [6.07, 6.45) is 3.91. The maximum Gasteiger partial charge on any atom is 0.224 e. The summed E-state index contributed by atoms with van der Waals surface area (Å²) in [5.74, 6) is 1.31. The van der Waals surface area contributed by atoms with Crippen molar-refractivity contribution >= 4 is 23.2 Å². The van der Waals surface area contributed by atoms with E-state index < -0.39 is 0 Å². The van der Waals surface area contributed by atoms with E-state index in [4.69, 9.17) is 16.3 Å². The van der Waals surface area contributed by atoms with Gasteiger partial charge in [0.1, 0.15) is 5.75 Å². The zero-order valence-corrected chi connectivity index (χ0v) is 13.2. The third-order valence-electron chi connectivity index (χ3n) is 3.69. The van der Waals surface area contributed by atoms with Gasteiger partial charge in [-0.1, -0.05) is 11.6 Å². The van der Waals surface area contributed by atoms with E-state index in [1.165, 1.54) is 12.8 Å². The molecule has 0 bridgehead atoms. The number of halogens is 1. The molecule has 4 nitrogen and oxygen atoms in total. The number of anilines is 1. The van der Waals surface area contributed by atoms with E-state index in [1.807, 2.05) is 13.0 Å². The topological polar surface area (TPSA) is 50.4 Å². The summed E-state index contributed by atoms with van der Waals surface area (Å²) in [7, 11) is 0. The van der Waals surface area contributed by atoms with Crippen molar-refractivity contribution in [3.63, 3.8) is 0 Å². The highest BCUT2D eigenvalue weighted by atomic mass is 35.5. The molecule has 1 aromatic carbocycles. The van der Waals surface area contributed by atoms with Crippen molar-refractivity contribution in [2.45, 2.75) is 32.6 Å². The molecule has 1 saturated heterocycles. The lowest BCUT2D eigenvalue weighted by molar-refractivity contribution is -0.116. The minimum Gasteiger partial charge on any atom is -0.492 e. The first-order chi connectivity index (χ1) is 10.2. The van der Waals surface area contributed by atoms with Gasteiger partial charge in [-0.25, -0.2) is 0 Å². The van der Waals surface area contributed by atoms with E-state index >= 15 is 0 Å². The Morgan fingerprint density at radius 1 is 1.52 bits per heavy atom. The van der Waals surface area contributed by atoms with Gasteiger partial charge in [0.2, 0.25) is 5.91 Å². The summed E-state index contributed by atoms with van der Waals surface area (Å²) in [6.45, 7) is 4.61. The number of amides is 1. The Morgan fingerprint density at radius 3 is 3.05 bits per heavy atom. The van der Waals surface area contributed by atoms with Crippen LogP contribution in [0.4, 0.5) is 5.69 Å². The number of piperidine rings is 1. The molecule has 2 rings (SSSR count). The third kappa shape index (κ3) is 5.21. The van der Waals surface area contributed by atoms with Crippen LogP contribution in [0, 0.1) is 5.92 Å². The molecule has 0 aromatic heterocycles. The second-order valence-corrected chi connectivity index (χ2v) is 5.78. The lowest BCUT2D eigenvalue weighted by Gasteiger charge is -2.22. The Bertz CT molecular complexity index is 473. The number of rotatable bonds is 6. The Labute approximate surface area is 131 Å². The first kappa shape index (κ1) is 16.1. The van der Waals surface area contributed by atoms with Gasteiger partial charge in [0.25, 0.3) is 0 Å². The molecule has 21 heavy (non-hydrogen) atoms. The van der Waals surface area contributed by atoms with E-state index in [0.29, 0.717) is 29.7 Å². The molecule has 2 N–H and O–H groups in total. The Balaban J connectivity index is 1.80. The molecule has 1 aromatic rings. The van der Waals surface area contributed by atoms with Gasteiger partial charge in [-0.15, -0.1) is 0 Å². The van der Waals surface area contributed by atoms with Crippen molar-refractivity contribution in [1.82, 2.24) is 5.32 Å². The molecular weight excluding hydrogens is 288 g/mol. The van der Waals surface area contributed by atoms with Crippen LogP contribution in [-0.2, 0) is 4.79 Å². The second kappa shape index (κ2) is 8.25. The van der Waals surface area contributed by atoms with E-state index in [-0.39, 0.29) is 5.91 Å². The van der Waals surface area contributed by atoms with Gasteiger partial charge in [0.05, 0.1) is 11.6 Å². The molecule has 1 atom stereocenters. The molecule has 1 amide bonds. The highest BCUT2D eigenvalue weighted by molar-refractivity contribution is 6.32. The quantitative estimate of drug-likeness (QED) is 0.846. The molecule has 0 radical (unpaired) electrons. The predicted molar refractivity (Wildman–Crippen MR) is 86.1 cm³/mol. The number of nitrogens with one attached hydrogen (secondary N) is 2. The van der Waals surface area contributed by atoms with Gasteiger partial charge in [-0.2, -0.15) is 0 Å². The van der Waals surface area contributed by atoms with Gasteiger partial charge >= 0.3 is 0 Å². The molecule has 1 fully saturated rings. The summed E-state index contributed by atoms with van der Waals surface area (Å²) < 4.78 is 5.37. The van der Waals surface area contributed by atoms with E-state index in [0.717, 1.165) is 25.2 Å². The summed E-state index contributed by atoms with van der Waals surface area (Å²) >= 11 is 6.11. The maximum absolute atomic E-state index is 12.0. The van der Waals surface area contributed by atoms with Crippen LogP contribution in [0.1, 0.15) is 32.6 Å². The molecular formula is C16H23ClN2O2. The van der Waals surface area contributed by atoms with Crippen LogP contribution in [0.3, 0.4) is 0 Å². The largest absolute Gasteiger partial charge is 0.492 e. The van der Waals surface area contributed by atoms with Gasteiger partial charge in [-0.05, 0) is 63.4 Å². The Morgan fingerprint density at radius 2 is 2.38 bits per heavy atom. The molecule has 0 aliphatic carbocycles. The van der Waals surface area contributed by atoms with Crippen molar-refractivity contribution in [1.29, 1.82) is 0 Å². The predicted octanol–water partition coefficient (Wildman–Crippen LogP) is 3.46. The molecule has 1 aliphatic rings. The van der Waals surface area contributed by atoms with Crippen LogP contribution >= 0.6 is 11.6 Å². The standard InChI is InChI=1S/C16H23ClN2O2/c1-2-21-15-7-6-13(10-14(15)17)19-16(20)8-5-12-4-3-9-18-11-12/h6-7,10,12,18H,2-5,8-9,11H2,1H3,(H,19,20). The van der Waals surface area contributed by atoms with Crippen molar-refractivity contribution in [3.8, 4) is 5.75 Å². The van der Waals surface area contributed by atoms with Crippen molar-refractivity contribution in [2.75, 3.05) is 25.0 Å². The maximum atomic E-state index is 12.0. The number of ether oxygens (including phenoxy) is 1. The summed E-state index contributed by atoms with van der Waals surface area (Å²) in [5.41, 5.74) is 0.718. The van der Waals surface area contributed by atoms with Crippen molar-refractivity contribution in [3.05, 3.63) is 23.2 Å². The first-order valence-electron chi connectivity index (χ1n) is 7.62. The summed E-state index contributed by atoms with van der Waals surface area (Å²) in [5, 5.41) is 6.78. The van der Waals surface area contributed by atoms with Crippen LogP contribution in [0.25, 0.3) is 0 Å². The number of carbonyl (C=O) groups is 1. The fraction of sp³-hybridized carbons (Fsp3) is 0.562. The number of hydrogen-bond donors (Lipinski definition) is 2. The van der Waals surface area contributed by atoms with Crippen LogP contribution in [0.2, 0.25) is 5.02 Å². The van der Waals surface area contributed by atoms with Crippen LogP contribution < -0.4 is 15.4 Å². The minimum absolute atomic E-state index is 0.0424. The van der Waals surface area contributed by atoms with E-state index in [1.54, 1.807) is 12.1 Å². The molecule has 0 saturated carbocycles. The van der Waals surface area contributed by atoms with Crippen molar-refractivity contribution < 1.29 is 9.53 Å². The minimum atomic E-state index is 0.0424.